The molecule has 0 aliphatic carbocycles. The van der Waals surface area contributed by atoms with E-state index in [1.807, 2.05) is 50.5 Å². The average molecular weight is 752 g/mol. The number of benzene rings is 6. The van der Waals surface area contributed by atoms with Crippen LogP contribution in [0.5, 0.6) is 0 Å². The fourth-order valence-corrected chi connectivity index (χ4v) is 7.51. The molecule has 0 amide bonds. The summed E-state index contributed by atoms with van der Waals surface area (Å²) in [5, 5.41) is 4.54. The number of hydrogen-bond acceptors (Lipinski definition) is 4. The Morgan fingerprint density at radius 2 is 0.649 bits per heavy atom. The second kappa shape index (κ2) is 17.1. The normalized spacial score (nSPS) is 10.8. The summed E-state index contributed by atoms with van der Waals surface area (Å²) in [6.45, 7) is 7.99. The van der Waals surface area contributed by atoms with Gasteiger partial charge in [-0.25, -0.2) is 0 Å². The van der Waals surface area contributed by atoms with E-state index in [-0.39, 0.29) is 0 Å². The maximum atomic E-state index is 4.90. The standard InChI is InChI=1S/C26H20N2.C24H16N2.CH5BP/c1-17-15-23(19-9-5-3-6-10-19)21-13-14-22-24(20-11-7-4-8-12-20)16-18(2)28-26(22)25(21)27-17;1-3-7-17(8-4-1)19-13-15-25-23-21(19)11-12-22-20(14-16-26-24(22)23)18-9-5-2-6-10-18;1-2-3/h3-16H,1-2H3;1-16H;3H2,1H3. The largest absolute Gasteiger partial charge is 0.254 e. The van der Waals surface area contributed by atoms with Crippen molar-refractivity contribution in [3.05, 3.63) is 194 Å². The molecule has 0 aliphatic heterocycles. The van der Waals surface area contributed by atoms with E-state index in [2.05, 4.69) is 179 Å². The van der Waals surface area contributed by atoms with Gasteiger partial charge in [-0.2, -0.15) is 9.12 Å². The van der Waals surface area contributed by atoms with Crippen molar-refractivity contribution >= 4 is 59.7 Å². The summed E-state index contributed by atoms with van der Waals surface area (Å²) in [6.07, 6.45) is 3.75. The van der Waals surface area contributed by atoms with Gasteiger partial charge in [-0.1, -0.05) is 152 Å². The fraction of sp³-hybridized carbons (Fsp3) is 0.0588. The minimum absolute atomic E-state index is 0.946. The molecule has 4 nitrogen and oxygen atoms in total. The number of nitrogens with zero attached hydrogens (tertiary/aromatic N) is 4. The van der Waals surface area contributed by atoms with Crippen molar-refractivity contribution in [3.63, 3.8) is 0 Å². The van der Waals surface area contributed by atoms with E-state index < -0.39 is 0 Å². The predicted molar refractivity (Wildman–Crippen MR) is 247 cm³/mol. The first-order valence-corrected chi connectivity index (χ1v) is 19.8. The highest BCUT2D eigenvalue weighted by molar-refractivity contribution is 7.55. The van der Waals surface area contributed by atoms with Crippen LogP contribution in [0.2, 0.25) is 6.82 Å². The maximum absolute atomic E-state index is 4.90. The van der Waals surface area contributed by atoms with E-state index in [4.69, 9.17) is 9.97 Å². The summed E-state index contributed by atoms with van der Waals surface area (Å²) in [5.74, 6) is 0. The van der Waals surface area contributed by atoms with Crippen LogP contribution in [0.15, 0.2) is 182 Å². The molecule has 1 unspecified atom stereocenters. The summed E-state index contributed by atoms with van der Waals surface area (Å²) in [5.41, 5.74) is 15.4. The van der Waals surface area contributed by atoms with Crippen LogP contribution in [0.1, 0.15) is 11.4 Å². The highest BCUT2D eigenvalue weighted by Crippen LogP contribution is 2.37. The number of rotatable bonds is 4. The molecule has 0 N–H and O–H groups in total. The molecule has 0 spiro atoms. The van der Waals surface area contributed by atoms with Gasteiger partial charge in [0.15, 0.2) is 0 Å². The Bertz CT molecular complexity index is 2760. The van der Waals surface area contributed by atoms with Gasteiger partial charge in [0.25, 0.3) is 0 Å². The van der Waals surface area contributed by atoms with Crippen molar-refractivity contribution in [2.24, 2.45) is 0 Å². The minimum Gasteiger partial charge on any atom is -0.254 e. The van der Waals surface area contributed by atoms with Gasteiger partial charge in [-0.05, 0) is 82.6 Å². The lowest BCUT2D eigenvalue weighted by atomic mass is 9.95. The van der Waals surface area contributed by atoms with Crippen molar-refractivity contribution in [1.82, 2.24) is 19.9 Å². The molecule has 0 fully saturated rings. The predicted octanol–water partition coefficient (Wildman–Crippen LogP) is 13.4. The van der Waals surface area contributed by atoms with Gasteiger partial charge in [-0.15, -0.1) is 0 Å². The van der Waals surface area contributed by atoms with Crippen LogP contribution in [0.4, 0.5) is 0 Å². The smallest absolute Gasteiger partial charge is 0.134 e. The first-order chi connectivity index (χ1) is 28.0. The van der Waals surface area contributed by atoms with Gasteiger partial charge in [-0.3, -0.25) is 19.9 Å². The summed E-state index contributed by atoms with van der Waals surface area (Å²) < 4.78 is 0. The zero-order valence-electron chi connectivity index (χ0n) is 32.3. The van der Waals surface area contributed by atoms with Crippen LogP contribution in [-0.4, -0.2) is 26.9 Å². The number of aromatic nitrogens is 4. The van der Waals surface area contributed by atoms with E-state index in [1.165, 1.54) is 44.5 Å². The zero-order valence-corrected chi connectivity index (χ0v) is 33.4. The summed E-state index contributed by atoms with van der Waals surface area (Å²) >= 11 is 0. The van der Waals surface area contributed by atoms with Crippen molar-refractivity contribution in [3.8, 4) is 44.5 Å². The Morgan fingerprint density at radius 3 is 0.965 bits per heavy atom. The fourth-order valence-electron chi connectivity index (χ4n) is 7.51. The Kier molecular flexibility index (Phi) is 11.2. The Hall–Kier alpha value is -6.55. The van der Waals surface area contributed by atoms with Gasteiger partial charge in [0, 0.05) is 45.3 Å². The first-order valence-electron chi connectivity index (χ1n) is 19.1. The number of hydrogen-bond donors (Lipinski definition) is 0. The first kappa shape index (κ1) is 37.4. The van der Waals surface area contributed by atoms with Crippen LogP contribution < -0.4 is 0 Å². The summed E-state index contributed by atoms with van der Waals surface area (Å²) in [6, 6.07) is 59.1. The third kappa shape index (κ3) is 7.80. The van der Waals surface area contributed by atoms with Crippen molar-refractivity contribution in [2.45, 2.75) is 20.7 Å². The molecular formula is C51H41BN4P. The minimum atomic E-state index is 0.946. The van der Waals surface area contributed by atoms with Crippen LogP contribution in [-0.2, 0) is 0 Å². The third-order valence-corrected chi connectivity index (χ3v) is 9.97. The highest BCUT2D eigenvalue weighted by Gasteiger charge is 2.15. The molecule has 57 heavy (non-hydrogen) atoms. The van der Waals surface area contributed by atoms with Gasteiger partial charge in [0.2, 0.25) is 0 Å². The molecule has 6 aromatic carbocycles. The molecule has 4 heterocycles. The molecule has 0 saturated carbocycles. The van der Waals surface area contributed by atoms with Gasteiger partial charge in [0.05, 0.1) is 22.1 Å². The third-order valence-electron chi connectivity index (χ3n) is 9.97. The van der Waals surface area contributed by atoms with E-state index in [0.29, 0.717) is 0 Å². The monoisotopic (exact) mass is 751 g/mol. The number of aryl methyl sites for hydroxylation is 2. The van der Waals surface area contributed by atoms with Gasteiger partial charge >= 0.3 is 0 Å². The molecule has 6 heteroatoms. The van der Waals surface area contributed by atoms with E-state index in [9.17, 15) is 0 Å². The van der Waals surface area contributed by atoms with E-state index >= 15 is 0 Å². The van der Waals surface area contributed by atoms with Crippen LogP contribution in [0, 0.1) is 13.8 Å². The van der Waals surface area contributed by atoms with Crippen LogP contribution in [0.3, 0.4) is 0 Å². The number of pyridine rings is 4. The molecule has 0 aliphatic rings. The second-order valence-corrected chi connectivity index (χ2v) is 14.5. The molecular weight excluding hydrogens is 710 g/mol. The Morgan fingerprint density at radius 1 is 0.368 bits per heavy atom. The number of fused-ring (bicyclic) bond motifs is 6. The molecule has 0 saturated heterocycles. The highest BCUT2D eigenvalue weighted by atomic mass is 31.0. The SMILES string of the molecule is C[B]P.Cc1cc(-c2ccccc2)c2ccc3c(-c4ccccc4)cc(C)nc3c2n1.c1ccc(-c2ccnc3c2ccc2c(-c4ccccc4)ccnc23)cc1. The quantitative estimate of drug-likeness (QED) is 0.102. The lowest BCUT2D eigenvalue weighted by Gasteiger charge is -2.13. The van der Waals surface area contributed by atoms with E-state index in [0.717, 1.165) is 55.0 Å². The lowest BCUT2D eigenvalue weighted by Crippen LogP contribution is -1.94. The van der Waals surface area contributed by atoms with Crippen molar-refractivity contribution < 1.29 is 0 Å². The van der Waals surface area contributed by atoms with Gasteiger partial charge in [0.1, 0.15) is 7.00 Å². The molecule has 0 bridgehead atoms. The molecule has 1 atom stereocenters. The van der Waals surface area contributed by atoms with Crippen LogP contribution >= 0.6 is 9.12 Å². The van der Waals surface area contributed by atoms with Crippen molar-refractivity contribution in [1.29, 1.82) is 0 Å². The molecule has 10 rings (SSSR count). The maximum Gasteiger partial charge on any atom is 0.134 e. The Balaban J connectivity index is 0.000000150. The molecule has 4 aromatic heterocycles. The Labute approximate surface area is 337 Å². The lowest BCUT2D eigenvalue weighted by molar-refractivity contribution is 1.23. The van der Waals surface area contributed by atoms with E-state index in [1.54, 1.807) is 0 Å². The van der Waals surface area contributed by atoms with Crippen molar-refractivity contribution in [2.75, 3.05) is 0 Å². The average Bonchev–Trinajstić information content (AvgIpc) is 3.27. The topological polar surface area (TPSA) is 51.6 Å². The molecule has 1 radical (unpaired) electrons. The summed E-state index contributed by atoms with van der Waals surface area (Å²) in [7, 11) is 2.45. The van der Waals surface area contributed by atoms with Crippen LogP contribution in [0.25, 0.3) is 88.1 Å². The summed E-state index contributed by atoms with van der Waals surface area (Å²) in [4.78, 5) is 19.1. The van der Waals surface area contributed by atoms with Gasteiger partial charge < -0.3 is 0 Å². The molecule has 273 valence electrons. The molecule has 10 aromatic rings. The zero-order chi connectivity index (χ0) is 39.1. The second-order valence-electron chi connectivity index (χ2n) is 13.9.